The molecule has 0 N–H and O–H groups in total. The largest absolute Gasteiger partial charge is 0.0934 e. The molecule has 0 atom stereocenters. The van der Waals surface area contributed by atoms with E-state index in [9.17, 15) is 0 Å². The van der Waals surface area contributed by atoms with Gasteiger partial charge in [-0.1, -0.05) is 84.5 Å². The minimum atomic E-state index is 0.122. The quantitative estimate of drug-likeness (QED) is 0.494. The second kappa shape index (κ2) is 6.60. The molecule has 1 aliphatic carbocycles. The Labute approximate surface area is 139 Å². The van der Waals surface area contributed by atoms with Gasteiger partial charge in [-0.3, -0.25) is 0 Å². The van der Waals surface area contributed by atoms with Crippen LogP contribution in [0.3, 0.4) is 0 Å². The lowest BCUT2D eigenvalue weighted by atomic mass is 9.70. The predicted molar refractivity (Wildman–Crippen MR) is 103 cm³/mol. The Hall–Kier alpha value is -0.700. The summed E-state index contributed by atoms with van der Waals surface area (Å²) in [4.78, 5) is 0. The van der Waals surface area contributed by atoms with E-state index in [0.29, 0.717) is 5.41 Å². The Morgan fingerprint density at radius 2 is 1.71 bits per heavy atom. The Balaban J connectivity index is 2.13. The minimum absolute atomic E-state index is 0.122. The summed E-state index contributed by atoms with van der Waals surface area (Å²) in [6, 6.07) is 9.18. The van der Waals surface area contributed by atoms with Gasteiger partial charge in [0.25, 0.3) is 0 Å². The van der Waals surface area contributed by atoms with Gasteiger partial charge < -0.3 is 0 Å². The first-order valence-corrected chi connectivity index (χ1v) is 10.8. The normalized spacial score (nSPS) is 18.4. The summed E-state index contributed by atoms with van der Waals surface area (Å²) in [6.45, 7) is 4.64. The number of hydrogen-bond donors (Lipinski definition) is 0. The Morgan fingerprint density at radius 1 is 1.00 bits per heavy atom. The van der Waals surface area contributed by atoms with Gasteiger partial charge in [-0.25, -0.2) is 0 Å². The first-order valence-electron chi connectivity index (χ1n) is 8.30. The zero-order valence-corrected chi connectivity index (χ0v) is 15.3. The lowest BCUT2D eigenvalue weighted by Gasteiger charge is -2.33. The van der Waals surface area contributed by atoms with Gasteiger partial charge in [0, 0.05) is 5.41 Å². The predicted octanol–water partition coefficient (Wildman–Crippen LogP) is 6.37. The van der Waals surface area contributed by atoms with Crippen molar-refractivity contribution in [3.05, 3.63) is 51.1 Å². The van der Waals surface area contributed by atoms with Gasteiger partial charge in [0.2, 0.25) is 0 Å². The number of benzene rings is 1. The van der Waals surface area contributed by atoms with Gasteiger partial charge in [-0.15, -0.1) is 0 Å². The van der Waals surface area contributed by atoms with Crippen LogP contribution >= 0.6 is 20.7 Å². The highest BCUT2D eigenvalue weighted by atomic mass is 127. The Morgan fingerprint density at radius 3 is 2.43 bits per heavy atom. The number of fused-ring (bicyclic) bond motifs is 2. The van der Waals surface area contributed by atoms with Crippen LogP contribution in [0.2, 0.25) is 0 Å². The molecular weight excluding hydrogens is 367 g/mol. The molecule has 21 heavy (non-hydrogen) atoms. The zero-order chi connectivity index (χ0) is 14.7. The van der Waals surface area contributed by atoms with Crippen LogP contribution in [0.25, 0.3) is 5.57 Å². The van der Waals surface area contributed by atoms with Crippen molar-refractivity contribution < 1.29 is 0 Å². The second-order valence-corrected chi connectivity index (χ2v) is 8.25. The summed E-state index contributed by atoms with van der Waals surface area (Å²) < 4.78 is 5.03. The highest BCUT2D eigenvalue weighted by Gasteiger charge is 2.42. The SMILES string of the molecule is CCCCC1(CCCC)C2=C(C=CI=C2)c2ccccc21. The molecule has 0 nitrogen and oxygen atoms in total. The molecule has 112 valence electrons. The molecule has 0 amide bonds. The van der Waals surface area contributed by atoms with Gasteiger partial charge in [0.1, 0.15) is 0 Å². The molecule has 0 aromatic heterocycles. The van der Waals surface area contributed by atoms with E-state index < -0.39 is 0 Å². The first kappa shape index (κ1) is 15.2. The molecular formula is C20H25I. The van der Waals surface area contributed by atoms with Gasteiger partial charge in [0.15, 0.2) is 0 Å². The lowest BCUT2D eigenvalue weighted by molar-refractivity contribution is 0.417. The van der Waals surface area contributed by atoms with Crippen LogP contribution in [-0.2, 0) is 5.41 Å². The van der Waals surface area contributed by atoms with E-state index in [2.05, 4.69) is 52.3 Å². The molecule has 0 fully saturated rings. The number of unbranched alkanes of at least 4 members (excludes halogenated alkanes) is 2. The van der Waals surface area contributed by atoms with E-state index in [1.54, 1.807) is 11.1 Å². The molecule has 1 aliphatic heterocycles. The highest BCUT2D eigenvalue weighted by Crippen LogP contribution is 2.53. The molecule has 0 saturated carbocycles. The van der Waals surface area contributed by atoms with Crippen LogP contribution in [0.4, 0.5) is 0 Å². The molecule has 0 saturated heterocycles. The van der Waals surface area contributed by atoms with Crippen LogP contribution in [0.1, 0.15) is 63.5 Å². The van der Waals surface area contributed by atoms with Crippen LogP contribution in [0.5, 0.6) is 0 Å². The number of rotatable bonds is 6. The molecule has 1 heteroatoms. The van der Waals surface area contributed by atoms with Crippen molar-refractivity contribution in [3.63, 3.8) is 0 Å². The Bertz CT molecular complexity index is 596. The van der Waals surface area contributed by atoms with Crippen molar-refractivity contribution >= 4 is 30.3 Å². The van der Waals surface area contributed by atoms with E-state index >= 15 is 0 Å². The maximum absolute atomic E-state index is 2.61. The summed E-state index contributed by atoms with van der Waals surface area (Å²) in [5, 5.41) is 0. The van der Waals surface area contributed by atoms with Crippen molar-refractivity contribution in [1.82, 2.24) is 0 Å². The van der Waals surface area contributed by atoms with E-state index in [1.165, 1.54) is 49.7 Å². The maximum Gasteiger partial charge on any atom is 0.0219 e. The van der Waals surface area contributed by atoms with E-state index in [0.717, 1.165) is 0 Å². The standard InChI is InChI=1S/C20H25I/c1-3-5-12-20(13-6-4-2)18-10-8-7-9-16(18)17-11-14-21-15-19(17)20/h7-11,14-15H,3-6,12-13H2,1-2H3. The van der Waals surface area contributed by atoms with Crippen LogP contribution in [0, 0.1) is 0 Å². The third-order valence-electron chi connectivity index (χ3n) is 4.93. The lowest BCUT2D eigenvalue weighted by Crippen LogP contribution is -2.27. The summed E-state index contributed by atoms with van der Waals surface area (Å²) in [6.07, 6.45) is 10.3. The average molecular weight is 392 g/mol. The minimum Gasteiger partial charge on any atom is -0.0934 e. The van der Waals surface area contributed by atoms with Crippen molar-refractivity contribution in [3.8, 4) is 0 Å². The number of allylic oxidation sites excluding steroid dienone is 3. The monoisotopic (exact) mass is 392 g/mol. The van der Waals surface area contributed by atoms with Crippen LogP contribution in [0.15, 0.2) is 40.0 Å². The molecule has 0 bridgehead atoms. The Kier molecular flexibility index (Phi) is 4.78. The molecule has 3 rings (SSSR count). The van der Waals surface area contributed by atoms with E-state index in [-0.39, 0.29) is 20.7 Å². The number of hydrogen-bond acceptors (Lipinski definition) is 0. The smallest absolute Gasteiger partial charge is 0.0219 e. The molecule has 0 unspecified atom stereocenters. The maximum atomic E-state index is 2.61. The molecule has 1 aromatic carbocycles. The first-order chi connectivity index (χ1) is 10.3. The molecule has 0 radical (unpaired) electrons. The van der Waals surface area contributed by atoms with Crippen LogP contribution in [-0.4, -0.2) is 4.01 Å². The van der Waals surface area contributed by atoms with Crippen molar-refractivity contribution in [2.24, 2.45) is 0 Å². The summed E-state index contributed by atoms with van der Waals surface area (Å²) in [5.74, 6) is 0. The summed E-state index contributed by atoms with van der Waals surface area (Å²) in [7, 11) is 0. The average Bonchev–Trinajstić information content (AvgIpc) is 2.82. The third kappa shape index (κ3) is 2.58. The van der Waals surface area contributed by atoms with Gasteiger partial charge in [-0.05, 0) is 49.3 Å². The molecule has 1 aromatic rings. The fourth-order valence-electron chi connectivity index (χ4n) is 3.85. The topological polar surface area (TPSA) is 0 Å². The number of halogens is 1. The summed E-state index contributed by atoms with van der Waals surface area (Å²) >= 11 is 0.122. The van der Waals surface area contributed by atoms with Crippen molar-refractivity contribution in [2.45, 2.75) is 57.8 Å². The molecule has 1 heterocycles. The third-order valence-corrected chi connectivity index (χ3v) is 6.68. The van der Waals surface area contributed by atoms with Crippen molar-refractivity contribution in [2.75, 3.05) is 0 Å². The van der Waals surface area contributed by atoms with E-state index in [4.69, 9.17) is 0 Å². The van der Waals surface area contributed by atoms with Gasteiger partial charge >= 0.3 is 0 Å². The van der Waals surface area contributed by atoms with Crippen LogP contribution < -0.4 is 0 Å². The van der Waals surface area contributed by atoms with E-state index in [1.807, 2.05) is 0 Å². The van der Waals surface area contributed by atoms with Crippen molar-refractivity contribution in [1.29, 1.82) is 0 Å². The second-order valence-electron chi connectivity index (χ2n) is 6.19. The molecule has 0 spiro atoms. The highest BCUT2D eigenvalue weighted by molar-refractivity contribution is 14.2. The fourth-order valence-corrected chi connectivity index (χ4v) is 5.91. The van der Waals surface area contributed by atoms with Gasteiger partial charge in [0.05, 0.1) is 0 Å². The van der Waals surface area contributed by atoms with Gasteiger partial charge in [-0.2, -0.15) is 0 Å². The zero-order valence-electron chi connectivity index (χ0n) is 13.2. The molecule has 2 aliphatic rings. The summed E-state index contributed by atoms with van der Waals surface area (Å²) in [5.41, 5.74) is 6.66. The fraction of sp³-hybridized carbons (Fsp3) is 0.450.